The van der Waals surface area contributed by atoms with Crippen LogP contribution >= 0.6 is 0 Å². The van der Waals surface area contributed by atoms with E-state index in [0.29, 0.717) is 11.4 Å². The minimum absolute atomic E-state index is 0.0901. The Morgan fingerprint density at radius 1 is 1.41 bits per heavy atom. The third-order valence-electron chi connectivity index (χ3n) is 3.06. The highest BCUT2D eigenvalue weighted by Gasteiger charge is 2.19. The Balaban J connectivity index is 2.20. The summed E-state index contributed by atoms with van der Waals surface area (Å²) in [5.41, 5.74) is 2.13. The van der Waals surface area contributed by atoms with Gasteiger partial charge in [0.1, 0.15) is 17.7 Å². The Morgan fingerprint density at radius 3 is 2.88 bits per heavy atom. The zero-order valence-electron chi connectivity index (χ0n) is 10.2. The summed E-state index contributed by atoms with van der Waals surface area (Å²) in [5, 5.41) is 20.4. The van der Waals surface area contributed by atoms with E-state index in [1.807, 2.05) is 13.8 Å². The Kier molecular flexibility index (Phi) is 3.55. The summed E-state index contributed by atoms with van der Waals surface area (Å²) in [6, 6.07) is 2.15. The molecule has 0 unspecified atom stereocenters. The molecule has 1 aromatic rings. The maximum absolute atomic E-state index is 9.14. The predicted octanol–water partition coefficient (Wildman–Crippen LogP) is 1.10. The standard InChI is InChI=1S/C12H16N4O/c1-8-9(2)15-16-12(11(8)6-13)17-10-4-3-5-14-7-10/h10,14H,3-5,7H2,1-2H3/t10-/m0/s1. The highest BCUT2D eigenvalue weighted by atomic mass is 16.5. The van der Waals surface area contributed by atoms with Crippen molar-refractivity contribution < 1.29 is 4.74 Å². The lowest BCUT2D eigenvalue weighted by atomic mass is 10.1. The molecule has 1 aromatic heterocycles. The predicted molar refractivity (Wildman–Crippen MR) is 62.7 cm³/mol. The van der Waals surface area contributed by atoms with Crippen molar-refractivity contribution in [2.75, 3.05) is 13.1 Å². The lowest BCUT2D eigenvalue weighted by Gasteiger charge is -2.23. The molecule has 5 heteroatoms. The minimum atomic E-state index is 0.0901. The van der Waals surface area contributed by atoms with Crippen LogP contribution in [0.1, 0.15) is 29.7 Å². The van der Waals surface area contributed by atoms with Crippen LogP contribution in [0.4, 0.5) is 0 Å². The first-order valence-electron chi connectivity index (χ1n) is 5.83. The number of nitrogens with one attached hydrogen (secondary N) is 1. The summed E-state index contributed by atoms with van der Waals surface area (Å²) in [5.74, 6) is 0.365. The molecule has 0 saturated carbocycles. The molecule has 2 heterocycles. The van der Waals surface area contributed by atoms with Gasteiger partial charge < -0.3 is 10.1 Å². The summed E-state index contributed by atoms with van der Waals surface area (Å²) in [7, 11) is 0. The molecule has 1 atom stereocenters. The van der Waals surface area contributed by atoms with Crippen molar-refractivity contribution >= 4 is 0 Å². The summed E-state index contributed by atoms with van der Waals surface area (Å²) >= 11 is 0. The fourth-order valence-corrected chi connectivity index (χ4v) is 1.88. The van der Waals surface area contributed by atoms with Crippen molar-refractivity contribution in [1.82, 2.24) is 15.5 Å². The fraction of sp³-hybridized carbons (Fsp3) is 0.583. The Hall–Kier alpha value is -1.67. The van der Waals surface area contributed by atoms with Crippen LogP contribution in [-0.4, -0.2) is 29.4 Å². The largest absolute Gasteiger partial charge is 0.471 e. The first-order valence-corrected chi connectivity index (χ1v) is 5.83. The number of piperidine rings is 1. The van der Waals surface area contributed by atoms with E-state index in [4.69, 9.17) is 10.00 Å². The molecular weight excluding hydrogens is 216 g/mol. The quantitative estimate of drug-likeness (QED) is 0.826. The van der Waals surface area contributed by atoms with Gasteiger partial charge in [-0.25, -0.2) is 0 Å². The Labute approximate surface area is 101 Å². The van der Waals surface area contributed by atoms with Crippen molar-refractivity contribution in [3.63, 3.8) is 0 Å². The third-order valence-corrected chi connectivity index (χ3v) is 3.06. The number of aromatic nitrogens is 2. The van der Waals surface area contributed by atoms with E-state index in [-0.39, 0.29) is 6.10 Å². The van der Waals surface area contributed by atoms with Gasteiger partial charge in [-0.1, -0.05) is 0 Å². The zero-order valence-corrected chi connectivity index (χ0v) is 10.2. The van der Waals surface area contributed by atoms with Crippen LogP contribution < -0.4 is 10.1 Å². The molecule has 1 saturated heterocycles. The van der Waals surface area contributed by atoms with Gasteiger partial charge in [0.15, 0.2) is 0 Å². The van der Waals surface area contributed by atoms with Gasteiger partial charge in [0, 0.05) is 6.54 Å². The lowest BCUT2D eigenvalue weighted by Crippen LogP contribution is -2.37. The third kappa shape index (κ3) is 2.53. The van der Waals surface area contributed by atoms with Gasteiger partial charge >= 0.3 is 0 Å². The first-order chi connectivity index (χ1) is 8.22. The van der Waals surface area contributed by atoms with Crippen LogP contribution in [0.5, 0.6) is 5.88 Å². The van der Waals surface area contributed by atoms with E-state index < -0.39 is 0 Å². The molecule has 0 aliphatic carbocycles. The number of hydrogen-bond donors (Lipinski definition) is 1. The number of hydrogen-bond acceptors (Lipinski definition) is 5. The number of nitriles is 1. The van der Waals surface area contributed by atoms with Gasteiger partial charge in [0.2, 0.25) is 0 Å². The molecule has 0 amide bonds. The van der Waals surface area contributed by atoms with E-state index in [1.165, 1.54) is 0 Å². The molecule has 0 aromatic carbocycles. The first kappa shape index (κ1) is 11.8. The summed E-state index contributed by atoms with van der Waals surface area (Å²) in [6.07, 6.45) is 2.17. The van der Waals surface area contributed by atoms with E-state index in [1.54, 1.807) is 0 Å². The number of ether oxygens (including phenoxy) is 1. The van der Waals surface area contributed by atoms with E-state index >= 15 is 0 Å². The smallest absolute Gasteiger partial charge is 0.252 e. The SMILES string of the molecule is Cc1nnc(O[C@H]2CCCNC2)c(C#N)c1C. The highest BCUT2D eigenvalue weighted by Crippen LogP contribution is 2.21. The monoisotopic (exact) mass is 232 g/mol. The second-order valence-corrected chi connectivity index (χ2v) is 4.29. The molecule has 1 aliphatic heterocycles. The molecule has 17 heavy (non-hydrogen) atoms. The zero-order chi connectivity index (χ0) is 12.3. The molecule has 1 aliphatic rings. The normalized spacial score (nSPS) is 19.7. The van der Waals surface area contributed by atoms with Crippen LogP contribution in [0.3, 0.4) is 0 Å². The Bertz CT molecular complexity index is 447. The highest BCUT2D eigenvalue weighted by molar-refractivity contribution is 5.44. The van der Waals surface area contributed by atoms with Crippen molar-refractivity contribution in [3.8, 4) is 11.9 Å². The van der Waals surface area contributed by atoms with Crippen molar-refractivity contribution in [3.05, 3.63) is 16.8 Å². The lowest BCUT2D eigenvalue weighted by molar-refractivity contribution is 0.158. The molecule has 2 rings (SSSR count). The van der Waals surface area contributed by atoms with Gasteiger partial charge in [-0.3, -0.25) is 0 Å². The average Bonchev–Trinajstić information content (AvgIpc) is 2.36. The van der Waals surface area contributed by atoms with Gasteiger partial charge in [0.05, 0.1) is 5.69 Å². The summed E-state index contributed by atoms with van der Waals surface area (Å²) in [6.45, 7) is 5.55. The summed E-state index contributed by atoms with van der Waals surface area (Å²) in [4.78, 5) is 0. The maximum atomic E-state index is 9.14. The van der Waals surface area contributed by atoms with Crippen LogP contribution in [0.2, 0.25) is 0 Å². The van der Waals surface area contributed by atoms with Crippen LogP contribution in [-0.2, 0) is 0 Å². The van der Waals surface area contributed by atoms with Gasteiger partial charge in [0.25, 0.3) is 5.88 Å². The molecular formula is C12H16N4O. The Morgan fingerprint density at radius 2 is 2.24 bits per heavy atom. The van der Waals surface area contributed by atoms with E-state index in [9.17, 15) is 0 Å². The molecule has 0 spiro atoms. The number of rotatable bonds is 2. The topological polar surface area (TPSA) is 70.8 Å². The molecule has 90 valence electrons. The second kappa shape index (κ2) is 5.11. The maximum Gasteiger partial charge on any atom is 0.252 e. The minimum Gasteiger partial charge on any atom is -0.471 e. The molecule has 1 N–H and O–H groups in total. The number of aryl methyl sites for hydroxylation is 1. The second-order valence-electron chi connectivity index (χ2n) is 4.29. The van der Waals surface area contributed by atoms with E-state index in [0.717, 1.165) is 37.2 Å². The molecule has 0 bridgehead atoms. The summed E-state index contributed by atoms with van der Waals surface area (Å²) < 4.78 is 5.75. The molecule has 5 nitrogen and oxygen atoms in total. The van der Waals surface area contributed by atoms with Crippen LogP contribution in [0, 0.1) is 25.2 Å². The van der Waals surface area contributed by atoms with Crippen LogP contribution in [0.15, 0.2) is 0 Å². The van der Waals surface area contributed by atoms with Crippen molar-refractivity contribution in [2.24, 2.45) is 0 Å². The molecule has 1 fully saturated rings. The van der Waals surface area contributed by atoms with Crippen molar-refractivity contribution in [2.45, 2.75) is 32.8 Å². The molecule has 0 radical (unpaired) electrons. The van der Waals surface area contributed by atoms with Crippen LogP contribution in [0.25, 0.3) is 0 Å². The van der Waals surface area contributed by atoms with Gasteiger partial charge in [-0.2, -0.15) is 10.4 Å². The van der Waals surface area contributed by atoms with Crippen molar-refractivity contribution in [1.29, 1.82) is 5.26 Å². The number of nitrogens with zero attached hydrogens (tertiary/aromatic N) is 3. The fourth-order valence-electron chi connectivity index (χ4n) is 1.88. The van der Waals surface area contributed by atoms with Gasteiger partial charge in [-0.05, 0) is 38.8 Å². The average molecular weight is 232 g/mol. The van der Waals surface area contributed by atoms with E-state index in [2.05, 4.69) is 21.6 Å². The van der Waals surface area contributed by atoms with Gasteiger partial charge in [-0.15, -0.1) is 5.10 Å².